The standard InChI is InChI=1S/C11H7N/c1-2-8-4-5-10-11(8)9(3-1)6-7-12-10/h1-7H. The van der Waals surface area contributed by atoms with Crippen LogP contribution in [0.2, 0.25) is 0 Å². The Morgan fingerprint density at radius 2 is 2.00 bits per heavy atom. The van der Waals surface area contributed by atoms with Gasteiger partial charge in [0.1, 0.15) is 0 Å². The van der Waals surface area contributed by atoms with Gasteiger partial charge in [-0.2, -0.15) is 0 Å². The van der Waals surface area contributed by atoms with Gasteiger partial charge in [-0.05, 0) is 23.1 Å². The third-order valence-electron chi connectivity index (χ3n) is 2.27. The Hall–Kier alpha value is -1.63. The van der Waals surface area contributed by atoms with Gasteiger partial charge >= 0.3 is 0 Å². The lowest BCUT2D eigenvalue weighted by molar-refractivity contribution is 1.34. The molecule has 12 heavy (non-hydrogen) atoms. The first kappa shape index (κ1) is 5.95. The molecule has 1 heteroatoms. The van der Waals surface area contributed by atoms with Crippen molar-refractivity contribution in [3.8, 4) is 0 Å². The van der Waals surface area contributed by atoms with Crippen molar-refractivity contribution in [2.45, 2.75) is 0 Å². The van der Waals surface area contributed by atoms with Gasteiger partial charge in [-0.1, -0.05) is 24.3 Å². The summed E-state index contributed by atoms with van der Waals surface area (Å²) in [6.07, 6.45) is 6.04. The second kappa shape index (κ2) is 1.95. The van der Waals surface area contributed by atoms with Crippen LogP contribution < -0.4 is 0 Å². The minimum atomic E-state index is 1.10. The fraction of sp³-hybridized carbons (Fsp3) is 0. The number of hydrogen-bond acceptors (Lipinski definition) is 1. The summed E-state index contributed by atoms with van der Waals surface area (Å²) >= 11 is 0. The summed E-state index contributed by atoms with van der Waals surface area (Å²) in [6, 6.07) is 8.38. The first-order valence-corrected chi connectivity index (χ1v) is 4.01. The van der Waals surface area contributed by atoms with E-state index in [1.165, 1.54) is 16.3 Å². The SMILES string of the molecule is C1=Cc2nccc3cccc1c23. The summed E-state index contributed by atoms with van der Waals surface area (Å²) in [6.45, 7) is 0. The van der Waals surface area contributed by atoms with Crippen molar-refractivity contribution in [1.82, 2.24) is 4.98 Å². The zero-order valence-electron chi connectivity index (χ0n) is 6.49. The molecule has 1 aliphatic rings. The van der Waals surface area contributed by atoms with Crippen LogP contribution in [0.3, 0.4) is 0 Å². The van der Waals surface area contributed by atoms with Crippen molar-refractivity contribution in [1.29, 1.82) is 0 Å². The molecular weight excluding hydrogens is 146 g/mol. The van der Waals surface area contributed by atoms with Crippen LogP contribution in [-0.4, -0.2) is 4.98 Å². The van der Waals surface area contributed by atoms with Gasteiger partial charge in [0.15, 0.2) is 0 Å². The van der Waals surface area contributed by atoms with E-state index in [0.717, 1.165) is 5.69 Å². The molecule has 1 nitrogen and oxygen atoms in total. The molecule has 1 aliphatic carbocycles. The van der Waals surface area contributed by atoms with E-state index in [1.807, 2.05) is 6.20 Å². The van der Waals surface area contributed by atoms with Gasteiger partial charge in [0, 0.05) is 11.6 Å². The van der Waals surface area contributed by atoms with E-state index in [4.69, 9.17) is 0 Å². The van der Waals surface area contributed by atoms with Crippen LogP contribution in [0.4, 0.5) is 0 Å². The van der Waals surface area contributed by atoms with Crippen LogP contribution >= 0.6 is 0 Å². The molecule has 0 saturated carbocycles. The quantitative estimate of drug-likeness (QED) is 0.484. The molecule has 0 fully saturated rings. The van der Waals surface area contributed by atoms with E-state index in [1.54, 1.807) is 0 Å². The Labute approximate surface area is 70.4 Å². The van der Waals surface area contributed by atoms with E-state index in [2.05, 4.69) is 41.4 Å². The van der Waals surface area contributed by atoms with Crippen LogP contribution in [0.1, 0.15) is 11.3 Å². The molecule has 0 saturated heterocycles. The van der Waals surface area contributed by atoms with Crippen molar-refractivity contribution in [2.24, 2.45) is 0 Å². The highest BCUT2D eigenvalue weighted by molar-refractivity contribution is 6.03. The van der Waals surface area contributed by atoms with Crippen LogP contribution in [0, 0.1) is 0 Å². The monoisotopic (exact) mass is 153 g/mol. The van der Waals surface area contributed by atoms with Crippen LogP contribution in [-0.2, 0) is 0 Å². The zero-order valence-corrected chi connectivity index (χ0v) is 6.49. The normalized spacial score (nSPS) is 12.7. The molecule has 2 aromatic rings. The molecule has 0 aliphatic heterocycles. The topological polar surface area (TPSA) is 12.9 Å². The van der Waals surface area contributed by atoms with E-state index in [0.29, 0.717) is 0 Å². The van der Waals surface area contributed by atoms with Gasteiger partial charge in [0.05, 0.1) is 5.69 Å². The van der Waals surface area contributed by atoms with Crippen molar-refractivity contribution in [3.05, 3.63) is 41.7 Å². The summed E-state index contributed by atoms with van der Waals surface area (Å²) < 4.78 is 0. The largest absolute Gasteiger partial charge is 0.256 e. The van der Waals surface area contributed by atoms with Crippen LogP contribution in [0.15, 0.2) is 30.5 Å². The van der Waals surface area contributed by atoms with Gasteiger partial charge < -0.3 is 0 Å². The molecule has 0 unspecified atom stereocenters. The molecule has 56 valence electrons. The lowest BCUT2D eigenvalue weighted by Crippen LogP contribution is -1.80. The van der Waals surface area contributed by atoms with E-state index >= 15 is 0 Å². The van der Waals surface area contributed by atoms with Crippen molar-refractivity contribution >= 4 is 22.9 Å². The van der Waals surface area contributed by atoms with Gasteiger partial charge in [-0.25, -0.2) is 0 Å². The second-order valence-electron chi connectivity index (χ2n) is 2.97. The zero-order chi connectivity index (χ0) is 7.97. The van der Waals surface area contributed by atoms with Gasteiger partial charge in [-0.3, -0.25) is 4.98 Å². The Morgan fingerprint density at radius 1 is 1.00 bits per heavy atom. The summed E-state index contributed by atoms with van der Waals surface area (Å²) in [4.78, 5) is 4.29. The van der Waals surface area contributed by atoms with Gasteiger partial charge in [-0.15, -0.1) is 0 Å². The highest BCUT2D eigenvalue weighted by atomic mass is 14.7. The molecular formula is C11H7N. The molecule has 0 amide bonds. The molecule has 1 aromatic heterocycles. The van der Waals surface area contributed by atoms with Crippen molar-refractivity contribution in [3.63, 3.8) is 0 Å². The molecule has 0 radical (unpaired) electrons. The maximum atomic E-state index is 4.29. The number of rotatable bonds is 0. The molecule has 1 heterocycles. The molecule has 0 N–H and O–H groups in total. The average molecular weight is 153 g/mol. The number of benzene rings is 1. The van der Waals surface area contributed by atoms with Gasteiger partial charge in [0.25, 0.3) is 0 Å². The minimum absolute atomic E-state index is 1.10. The lowest BCUT2D eigenvalue weighted by atomic mass is 10.1. The average Bonchev–Trinajstić information content (AvgIpc) is 2.52. The Morgan fingerprint density at radius 3 is 3.00 bits per heavy atom. The summed E-state index contributed by atoms with van der Waals surface area (Å²) in [5.74, 6) is 0. The highest BCUT2D eigenvalue weighted by Gasteiger charge is 2.07. The number of nitrogens with zero attached hydrogens (tertiary/aromatic N) is 1. The molecule has 0 atom stereocenters. The smallest absolute Gasteiger partial charge is 0.0714 e. The lowest BCUT2D eigenvalue weighted by Gasteiger charge is -1.98. The Kier molecular flexibility index (Phi) is 0.965. The maximum absolute atomic E-state index is 4.29. The number of aromatic nitrogens is 1. The van der Waals surface area contributed by atoms with Crippen LogP contribution in [0.5, 0.6) is 0 Å². The highest BCUT2D eigenvalue weighted by Crippen LogP contribution is 2.28. The van der Waals surface area contributed by atoms with E-state index in [9.17, 15) is 0 Å². The molecule has 0 spiro atoms. The third-order valence-corrected chi connectivity index (χ3v) is 2.27. The summed E-state index contributed by atoms with van der Waals surface area (Å²) in [5.41, 5.74) is 2.39. The van der Waals surface area contributed by atoms with E-state index < -0.39 is 0 Å². The van der Waals surface area contributed by atoms with Crippen molar-refractivity contribution < 1.29 is 0 Å². The van der Waals surface area contributed by atoms with E-state index in [-0.39, 0.29) is 0 Å². The fourth-order valence-electron chi connectivity index (χ4n) is 1.72. The molecule has 0 bridgehead atoms. The summed E-state index contributed by atoms with van der Waals surface area (Å²) in [7, 11) is 0. The first-order valence-electron chi connectivity index (χ1n) is 4.01. The van der Waals surface area contributed by atoms with Crippen LogP contribution in [0.25, 0.3) is 22.9 Å². The summed E-state index contributed by atoms with van der Waals surface area (Å²) in [5, 5.41) is 2.57. The predicted octanol–water partition coefficient (Wildman–Crippen LogP) is 2.72. The molecule has 1 aromatic carbocycles. The van der Waals surface area contributed by atoms with Gasteiger partial charge in [0.2, 0.25) is 0 Å². The first-order chi connectivity index (χ1) is 5.95. The maximum Gasteiger partial charge on any atom is 0.0714 e. The minimum Gasteiger partial charge on any atom is -0.256 e. The number of hydrogen-bond donors (Lipinski definition) is 0. The Bertz CT molecular complexity index is 443. The predicted molar refractivity (Wildman–Crippen MR) is 50.7 cm³/mol. The third kappa shape index (κ3) is 0.607. The Balaban J connectivity index is 2.64. The second-order valence-corrected chi connectivity index (χ2v) is 2.97. The molecule has 3 rings (SSSR count). The van der Waals surface area contributed by atoms with Crippen molar-refractivity contribution in [2.75, 3.05) is 0 Å². The fourth-order valence-corrected chi connectivity index (χ4v) is 1.72. The number of pyridine rings is 1.